The van der Waals surface area contributed by atoms with Crippen molar-refractivity contribution < 1.29 is 19.1 Å². The maximum Gasteiger partial charge on any atom is 0.313 e. The number of aryl methyl sites for hydroxylation is 2. The molecule has 0 spiro atoms. The normalized spacial score (nSPS) is 13.0. The highest BCUT2D eigenvalue weighted by Gasteiger charge is 2.36. The number of thiophene rings is 1. The summed E-state index contributed by atoms with van der Waals surface area (Å²) in [5.41, 5.74) is 1.67. The molecule has 1 atom stereocenters. The fourth-order valence-electron chi connectivity index (χ4n) is 2.64. The van der Waals surface area contributed by atoms with E-state index >= 15 is 0 Å². The summed E-state index contributed by atoms with van der Waals surface area (Å²) in [6.45, 7) is 3.69. The van der Waals surface area contributed by atoms with Crippen LogP contribution in [0.25, 0.3) is 0 Å². The molecule has 27 heavy (non-hydrogen) atoms. The molecule has 3 rings (SSSR count). The molecule has 1 aromatic carbocycles. The average Bonchev–Trinajstić information content (AvgIpc) is 3.36. The first kappa shape index (κ1) is 18.9. The zero-order valence-electron chi connectivity index (χ0n) is 15.0. The van der Waals surface area contributed by atoms with E-state index in [9.17, 15) is 14.7 Å². The molecule has 3 N–H and O–H groups in total. The van der Waals surface area contributed by atoms with Crippen molar-refractivity contribution in [2.24, 2.45) is 0 Å². The fraction of sp³-hybridized carbons (Fsp3) is 0.200. The Morgan fingerprint density at radius 1 is 1.15 bits per heavy atom. The summed E-state index contributed by atoms with van der Waals surface area (Å²) in [6, 6.07) is 10.4. The maximum atomic E-state index is 12.2. The minimum absolute atomic E-state index is 0.198. The van der Waals surface area contributed by atoms with E-state index in [4.69, 9.17) is 4.42 Å². The molecule has 2 heterocycles. The van der Waals surface area contributed by atoms with E-state index in [0.717, 1.165) is 11.1 Å². The third-order valence-electron chi connectivity index (χ3n) is 4.40. The van der Waals surface area contributed by atoms with Crippen LogP contribution in [0.3, 0.4) is 0 Å². The van der Waals surface area contributed by atoms with Crippen molar-refractivity contribution in [2.75, 3.05) is 11.9 Å². The average molecular weight is 384 g/mol. The number of benzene rings is 1. The van der Waals surface area contributed by atoms with Gasteiger partial charge in [0.05, 0.1) is 12.8 Å². The van der Waals surface area contributed by atoms with Gasteiger partial charge in [0.25, 0.3) is 0 Å². The molecule has 0 bridgehead atoms. The lowest BCUT2D eigenvalue weighted by Crippen LogP contribution is -2.45. The van der Waals surface area contributed by atoms with Gasteiger partial charge in [-0.3, -0.25) is 9.59 Å². The minimum atomic E-state index is -1.56. The molecule has 2 aromatic heterocycles. The van der Waals surface area contributed by atoms with Gasteiger partial charge in [0.15, 0.2) is 5.60 Å². The van der Waals surface area contributed by atoms with Gasteiger partial charge in [-0.15, -0.1) is 0 Å². The van der Waals surface area contributed by atoms with E-state index < -0.39 is 17.4 Å². The maximum absolute atomic E-state index is 12.2. The number of amides is 2. The summed E-state index contributed by atoms with van der Waals surface area (Å²) >= 11 is 1.41. The predicted octanol–water partition coefficient (Wildman–Crippen LogP) is 2.95. The lowest BCUT2D eigenvalue weighted by atomic mass is 9.93. The van der Waals surface area contributed by atoms with Gasteiger partial charge in [-0.25, -0.2) is 0 Å². The van der Waals surface area contributed by atoms with Crippen molar-refractivity contribution in [3.63, 3.8) is 0 Å². The molecule has 3 aromatic rings. The molecule has 6 nitrogen and oxygen atoms in total. The first-order chi connectivity index (χ1) is 12.9. The molecule has 0 saturated heterocycles. The van der Waals surface area contributed by atoms with Crippen LogP contribution in [0.4, 0.5) is 5.69 Å². The number of carbonyl (C=O) groups is 2. The van der Waals surface area contributed by atoms with E-state index in [0.29, 0.717) is 11.3 Å². The van der Waals surface area contributed by atoms with Crippen LogP contribution in [-0.4, -0.2) is 23.5 Å². The number of carbonyl (C=O) groups excluding carboxylic acids is 2. The molecule has 0 aliphatic heterocycles. The fourth-order valence-corrected chi connectivity index (χ4v) is 3.36. The molecule has 2 amide bonds. The van der Waals surface area contributed by atoms with E-state index in [2.05, 4.69) is 10.6 Å². The highest BCUT2D eigenvalue weighted by atomic mass is 32.1. The van der Waals surface area contributed by atoms with Crippen LogP contribution in [0.15, 0.2) is 57.8 Å². The number of hydrogen-bond donors (Lipinski definition) is 3. The number of aliphatic hydroxyl groups is 1. The number of rotatable bonds is 5. The zero-order chi connectivity index (χ0) is 19.4. The topological polar surface area (TPSA) is 91.6 Å². The van der Waals surface area contributed by atoms with Crippen molar-refractivity contribution in [3.8, 4) is 0 Å². The van der Waals surface area contributed by atoms with Crippen LogP contribution in [-0.2, 0) is 15.2 Å². The Balaban J connectivity index is 1.69. The second kappa shape index (κ2) is 7.77. The van der Waals surface area contributed by atoms with Crippen LogP contribution >= 0.6 is 11.3 Å². The standard InChI is InChI=1S/C20H20N2O4S/c1-13-5-6-16(10-14(13)2)22-19(24)18(23)21-12-20(25,15-7-9-27-11-15)17-4-3-8-26-17/h3-11,25H,12H2,1-2H3,(H,21,23)(H,22,24)/t20-/m1/s1. The summed E-state index contributed by atoms with van der Waals surface area (Å²) in [4.78, 5) is 24.4. The van der Waals surface area contributed by atoms with Gasteiger partial charge >= 0.3 is 11.8 Å². The third kappa shape index (κ3) is 4.10. The first-order valence-corrected chi connectivity index (χ1v) is 9.30. The number of hydrogen-bond acceptors (Lipinski definition) is 5. The van der Waals surface area contributed by atoms with Gasteiger partial charge < -0.3 is 20.2 Å². The van der Waals surface area contributed by atoms with Crippen molar-refractivity contribution in [3.05, 3.63) is 75.9 Å². The van der Waals surface area contributed by atoms with Crippen LogP contribution < -0.4 is 10.6 Å². The molecule has 0 unspecified atom stereocenters. The van der Waals surface area contributed by atoms with Crippen molar-refractivity contribution >= 4 is 28.8 Å². The zero-order valence-corrected chi connectivity index (χ0v) is 15.8. The van der Waals surface area contributed by atoms with E-state index in [1.165, 1.54) is 17.6 Å². The quantitative estimate of drug-likeness (QED) is 0.590. The Morgan fingerprint density at radius 3 is 2.59 bits per heavy atom. The summed E-state index contributed by atoms with van der Waals surface area (Å²) in [5.74, 6) is -1.35. The highest BCUT2D eigenvalue weighted by molar-refractivity contribution is 7.08. The Bertz CT molecular complexity index is 899. The van der Waals surface area contributed by atoms with E-state index in [1.54, 1.807) is 35.7 Å². The predicted molar refractivity (Wildman–Crippen MR) is 104 cm³/mol. The smallest absolute Gasteiger partial charge is 0.313 e. The molecular formula is C20H20N2O4S. The first-order valence-electron chi connectivity index (χ1n) is 8.35. The number of furan rings is 1. The van der Waals surface area contributed by atoms with E-state index in [1.807, 2.05) is 25.3 Å². The van der Waals surface area contributed by atoms with Crippen molar-refractivity contribution in [1.29, 1.82) is 0 Å². The molecule has 140 valence electrons. The third-order valence-corrected chi connectivity index (χ3v) is 5.09. The molecule has 0 aliphatic carbocycles. The van der Waals surface area contributed by atoms with Crippen LogP contribution in [0.2, 0.25) is 0 Å². The summed E-state index contributed by atoms with van der Waals surface area (Å²) in [7, 11) is 0. The SMILES string of the molecule is Cc1ccc(NC(=O)C(=O)NC[C@@](O)(c2ccsc2)c2ccco2)cc1C. The summed E-state index contributed by atoms with van der Waals surface area (Å²) < 4.78 is 5.34. The van der Waals surface area contributed by atoms with Crippen LogP contribution in [0.5, 0.6) is 0 Å². The van der Waals surface area contributed by atoms with Gasteiger partial charge in [0.1, 0.15) is 5.76 Å². The second-order valence-corrected chi connectivity index (χ2v) is 7.07. The Hall–Kier alpha value is -2.90. The lowest BCUT2D eigenvalue weighted by Gasteiger charge is -2.25. The number of anilines is 1. The van der Waals surface area contributed by atoms with Gasteiger partial charge in [0.2, 0.25) is 0 Å². The number of nitrogens with one attached hydrogen (secondary N) is 2. The van der Waals surface area contributed by atoms with Crippen molar-refractivity contribution in [2.45, 2.75) is 19.4 Å². The van der Waals surface area contributed by atoms with Crippen LogP contribution in [0.1, 0.15) is 22.5 Å². The summed E-state index contributed by atoms with van der Waals surface area (Å²) in [5, 5.41) is 19.7. The van der Waals surface area contributed by atoms with Gasteiger partial charge in [-0.2, -0.15) is 11.3 Å². The summed E-state index contributed by atoms with van der Waals surface area (Å²) in [6.07, 6.45) is 1.45. The Labute approximate surface area is 160 Å². The molecule has 0 aliphatic rings. The largest absolute Gasteiger partial charge is 0.466 e. The van der Waals surface area contributed by atoms with Gasteiger partial charge in [0, 0.05) is 11.3 Å². The Kier molecular flexibility index (Phi) is 5.43. The molecule has 7 heteroatoms. The molecule has 0 fully saturated rings. The van der Waals surface area contributed by atoms with Crippen molar-refractivity contribution in [1.82, 2.24) is 5.32 Å². The molecule has 0 saturated carbocycles. The molecular weight excluding hydrogens is 364 g/mol. The van der Waals surface area contributed by atoms with Gasteiger partial charge in [-0.1, -0.05) is 6.07 Å². The lowest BCUT2D eigenvalue weighted by molar-refractivity contribution is -0.136. The monoisotopic (exact) mass is 384 g/mol. The van der Waals surface area contributed by atoms with Gasteiger partial charge in [-0.05, 0) is 66.1 Å². The minimum Gasteiger partial charge on any atom is -0.466 e. The van der Waals surface area contributed by atoms with Crippen LogP contribution in [0, 0.1) is 13.8 Å². The Morgan fingerprint density at radius 2 is 1.96 bits per heavy atom. The highest BCUT2D eigenvalue weighted by Crippen LogP contribution is 2.31. The van der Waals surface area contributed by atoms with E-state index in [-0.39, 0.29) is 12.3 Å². The second-order valence-electron chi connectivity index (χ2n) is 6.29. The molecule has 0 radical (unpaired) electrons.